The molecular formula is C20H18N4OS. The van der Waals surface area contributed by atoms with E-state index in [1.807, 2.05) is 22.8 Å². The van der Waals surface area contributed by atoms with Crippen LogP contribution in [0.25, 0.3) is 5.69 Å². The molecule has 3 aromatic rings. The molecule has 0 radical (unpaired) electrons. The van der Waals surface area contributed by atoms with Gasteiger partial charge in [0.05, 0.1) is 11.5 Å². The fourth-order valence-corrected chi connectivity index (χ4v) is 4.08. The van der Waals surface area contributed by atoms with Gasteiger partial charge < -0.3 is 4.74 Å². The average molecular weight is 362 g/mol. The fraction of sp³-hybridized carbons (Fsp3) is 0.250. The van der Waals surface area contributed by atoms with Crippen molar-refractivity contribution in [1.82, 2.24) is 14.8 Å². The SMILES string of the molecule is N#CC1(c2cccc(Sc3ccc(-n4cnnc4)cc3)c2)CCOCC1. The molecule has 6 heteroatoms. The van der Waals surface area contributed by atoms with Gasteiger partial charge in [-0.15, -0.1) is 10.2 Å². The molecule has 1 aliphatic heterocycles. The Bertz CT molecular complexity index is 910. The number of nitriles is 1. The van der Waals surface area contributed by atoms with Crippen LogP contribution >= 0.6 is 11.8 Å². The Labute approximate surface area is 156 Å². The highest BCUT2D eigenvalue weighted by Crippen LogP contribution is 2.37. The zero-order chi connectivity index (χ0) is 17.8. The van der Waals surface area contributed by atoms with Crippen molar-refractivity contribution >= 4 is 11.8 Å². The summed E-state index contributed by atoms with van der Waals surface area (Å²) in [4.78, 5) is 2.29. The maximum Gasteiger partial charge on any atom is 0.123 e. The number of hydrogen-bond donors (Lipinski definition) is 0. The third kappa shape index (κ3) is 3.36. The maximum absolute atomic E-state index is 9.77. The van der Waals surface area contributed by atoms with Crippen molar-refractivity contribution in [1.29, 1.82) is 5.26 Å². The highest BCUT2D eigenvalue weighted by Gasteiger charge is 2.34. The number of rotatable bonds is 4. The van der Waals surface area contributed by atoms with E-state index in [4.69, 9.17) is 4.74 Å². The molecule has 0 aliphatic carbocycles. The van der Waals surface area contributed by atoms with E-state index in [0.29, 0.717) is 13.2 Å². The molecule has 1 aromatic heterocycles. The van der Waals surface area contributed by atoms with Crippen LogP contribution in [0.1, 0.15) is 18.4 Å². The summed E-state index contributed by atoms with van der Waals surface area (Å²) in [6.45, 7) is 1.30. The van der Waals surface area contributed by atoms with Gasteiger partial charge in [0.15, 0.2) is 0 Å². The largest absolute Gasteiger partial charge is 0.381 e. The van der Waals surface area contributed by atoms with Gasteiger partial charge in [-0.1, -0.05) is 23.9 Å². The molecule has 5 nitrogen and oxygen atoms in total. The molecule has 0 spiro atoms. The molecule has 0 unspecified atom stereocenters. The lowest BCUT2D eigenvalue weighted by molar-refractivity contribution is 0.0675. The molecule has 0 bridgehead atoms. The lowest BCUT2D eigenvalue weighted by Crippen LogP contribution is -2.32. The second-order valence-corrected chi connectivity index (χ2v) is 7.45. The number of ether oxygens (including phenoxy) is 1. The quantitative estimate of drug-likeness (QED) is 0.702. The minimum absolute atomic E-state index is 0.424. The molecule has 26 heavy (non-hydrogen) atoms. The first-order chi connectivity index (χ1) is 12.8. The molecule has 0 atom stereocenters. The van der Waals surface area contributed by atoms with Gasteiger partial charge in [0.1, 0.15) is 12.7 Å². The lowest BCUT2D eigenvalue weighted by atomic mass is 9.75. The van der Waals surface area contributed by atoms with Gasteiger partial charge in [0, 0.05) is 28.7 Å². The minimum atomic E-state index is -0.424. The van der Waals surface area contributed by atoms with E-state index in [1.54, 1.807) is 24.4 Å². The molecule has 130 valence electrons. The molecule has 4 rings (SSSR count). The Hall–Kier alpha value is -2.62. The van der Waals surface area contributed by atoms with Crippen LogP contribution in [0.15, 0.2) is 71.0 Å². The van der Waals surface area contributed by atoms with Crippen LogP contribution in [0.2, 0.25) is 0 Å². The first-order valence-corrected chi connectivity index (χ1v) is 9.33. The summed E-state index contributed by atoms with van der Waals surface area (Å²) in [7, 11) is 0. The first-order valence-electron chi connectivity index (χ1n) is 8.52. The van der Waals surface area contributed by atoms with Crippen molar-refractivity contribution in [2.75, 3.05) is 13.2 Å². The zero-order valence-electron chi connectivity index (χ0n) is 14.2. The predicted octanol–water partition coefficient (Wildman–Crippen LogP) is 3.99. The molecule has 1 saturated heterocycles. The number of benzene rings is 2. The first kappa shape index (κ1) is 16.8. The van der Waals surface area contributed by atoms with Gasteiger partial charge in [-0.2, -0.15) is 5.26 Å². The Kier molecular flexibility index (Phi) is 4.74. The number of hydrogen-bond acceptors (Lipinski definition) is 5. The maximum atomic E-state index is 9.77. The smallest absolute Gasteiger partial charge is 0.123 e. The fourth-order valence-electron chi connectivity index (χ4n) is 3.20. The summed E-state index contributed by atoms with van der Waals surface area (Å²) in [6.07, 6.45) is 4.87. The highest BCUT2D eigenvalue weighted by molar-refractivity contribution is 7.99. The second-order valence-electron chi connectivity index (χ2n) is 6.30. The Morgan fingerprint density at radius 3 is 2.42 bits per heavy atom. The summed E-state index contributed by atoms with van der Waals surface area (Å²) < 4.78 is 7.32. The van der Waals surface area contributed by atoms with Crippen LogP contribution in [0.3, 0.4) is 0 Å². The third-order valence-corrected chi connectivity index (χ3v) is 5.73. The van der Waals surface area contributed by atoms with Crippen molar-refractivity contribution in [3.05, 3.63) is 66.7 Å². The summed E-state index contributed by atoms with van der Waals surface area (Å²) in [5.41, 5.74) is 1.70. The second kappa shape index (κ2) is 7.32. The number of aromatic nitrogens is 3. The highest BCUT2D eigenvalue weighted by atomic mass is 32.2. The molecule has 1 fully saturated rings. The molecular weight excluding hydrogens is 344 g/mol. The topological polar surface area (TPSA) is 63.7 Å². The molecule has 1 aliphatic rings. The van der Waals surface area contributed by atoms with Crippen LogP contribution in [0.4, 0.5) is 0 Å². The van der Waals surface area contributed by atoms with Gasteiger partial charge >= 0.3 is 0 Å². The molecule has 2 aromatic carbocycles. The molecule has 2 heterocycles. The van der Waals surface area contributed by atoms with Crippen molar-refractivity contribution in [2.24, 2.45) is 0 Å². The Morgan fingerprint density at radius 2 is 1.73 bits per heavy atom. The third-order valence-electron chi connectivity index (χ3n) is 4.74. The van der Waals surface area contributed by atoms with E-state index in [0.717, 1.165) is 33.9 Å². The van der Waals surface area contributed by atoms with E-state index in [9.17, 15) is 5.26 Å². The van der Waals surface area contributed by atoms with Crippen molar-refractivity contribution in [3.63, 3.8) is 0 Å². The molecule has 0 N–H and O–H groups in total. The predicted molar refractivity (Wildman–Crippen MR) is 99.3 cm³/mol. The Morgan fingerprint density at radius 1 is 1.00 bits per heavy atom. The average Bonchev–Trinajstić information content (AvgIpc) is 3.24. The van der Waals surface area contributed by atoms with E-state index < -0.39 is 5.41 Å². The standard InChI is InChI=1S/C20H18N4OS/c21-13-20(8-10-25-11-9-20)16-2-1-3-19(12-16)26-18-6-4-17(5-7-18)24-14-22-23-15-24/h1-7,12,14-15H,8-11H2. The molecule has 0 amide bonds. The van der Waals surface area contributed by atoms with Crippen molar-refractivity contribution in [3.8, 4) is 11.8 Å². The van der Waals surface area contributed by atoms with Crippen molar-refractivity contribution in [2.45, 2.75) is 28.0 Å². The van der Waals surface area contributed by atoms with Crippen LogP contribution in [-0.2, 0) is 10.2 Å². The van der Waals surface area contributed by atoms with Gasteiger partial charge in [0.25, 0.3) is 0 Å². The van der Waals surface area contributed by atoms with Gasteiger partial charge in [0.2, 0.25) is 0 Å². The van der Waals surface area contributed by atoms with E-state index >= 15 is 0 Å². The van der Waals surface area contributed by atoms with Gasteiger partial charge in [-0.3, -0.25) is 4.57 Å². The van der Waals surface area contributed by atoms with Crippen molar-refractivity contribution < 1.29 is 4.74 Å². The number of nitrogens with zero attached hydrogens (tertiary/aromatic N) is 4. The summed E-state index contributed by atoms with van der Waals surface area (Å²) in [6, 6.07) is 19.1. The van der Waals surface area contributed by atoms with Crippen LogP contribution in [0.5, 0.6) is 0 Å². The normalized spacial score (nSPS) is 16.1. The van der Waals surface area contributed by atoms with Gasteiger partial charge in [-0.05, 0) is 54.8 Å². The minimum Gasteiger partial charge on any atom is -0.381 e. The monoisotopic (exact) mass is 362 g/mol. The van der Waals surface area contributed by atoms with E-state index in [2.05, 4.69) is 46.6 Å². The lowest BCUT2D eigenvalue weighted by Gasteiger charge is -2.31. The van der Waals surface area contributed by atoms with Crippen LogP contribution in [-0.4, -0.2) is 28.0 Å². The van der Waals surface area contributed by atoms with Crippen LogP contribution in [0, 0.1) is 11.3 Å². The summed E-state index contributed by atoms with van der Waals surface area (Å²) in [5, 5.41) is 17.4. The van der Waals surface area contributed by atoms with E-state index in [-0.39, 0.29) is 0 Å². The van der Waals surface area contributed by atoms with Crippen LogP contribution < -0.4 is 0 Å². The Balaban J connectivity index is 1.55. The van der Waals surface area contributed by atoms with Gasteiger partial charge in [-0.25, -0.2) is 0 Å². The molecule has 0 saturated carbocycles. The summed E-state index contributed by atoms with van der Waals surface area (Å²) >= 11 is 1.70. The summed E-state index contributed by atoms with van der Waals surface area (Å²) in [5.74, 6) is 0. The zero-order valence-corrected chi connectivity index (χ0v) is 15.0. The van der Waals surface area contributed by atoms with E-state index in [1.165, 1.54) is 0 Å².